The van der Waals surface area contributed by atoms with Crippen LogP contribution in [-0.2, 0) is 0 Å². The van der Waals surface area contributed by atoms with Gasteiger partial charge in [-0.3, -0.25) is 9.69 Å². The lowest BCUT2D eigenvalue weighted by Crippen LogP contribution is -2.53. The third-order valence-electron chi connectivity index (χ3n) is 4.92. The number of aliphatic hydroxyl groups is 1. The van der Waals surface area contributed by atoms with Crippen molar-refractivity contribution in [1.82, 2.24) is 4.90 Å². The van der Waals surface area contributed by atoms with E-state index < -0.39 is 5.54 Å². The average Bonchev–Trinajstić information content (AvgIpc) is 2.74. The molecule has 1 fully saturated rings. The van der Waals surface area contributed by atoms with Gasteiger partial charge in [0, 0.05) is 16.8 Å². The minimum absolute atomic E-state index is 0.00537. The number of rotatable bonds is 2. The van der Waals surface area contributed by atoms with Gasteiger partial charge in [0.2, 0.25) is 0 Å². The van der Waals surface area contributed by atoms with E-state index in [0.717, 1.165) is 36.9 Å². The van der Waals surface area contributed by atoms with Crippen molar-refractivity contribution in [1.29, 1.82) is 0 Å². The SMILES string of the molecule is C=C1c2ccccc2C(=O)N1C1(CO)CCC(C)CC1. The lowest BCUT2D eigenvalue weighted by Gasteiger charge is -2.45. The van der Waals surface area contributed by atoms with Crippen molar-refractivity contribution in [2.45, 2.75) is 38.1 Å². The monoisotopic (exact) mass is 271 g/mol. The maximum atomic E-state index is 12.7. The minimum atomic E-state index is -0.459. The summed E-state index contributed by atoms with van der Waals surface area (Å²) in [7, 11) is 0. The topological polar surface area (TPSA) is 40.5 Å². The molecular formula is C17H21NO2. The predicted octanol–water partition coefficient (Wildman–Crippen LogP) is 3.05. The lowest BCUT2D eigenvalue weighted by molar-refractivity contribution is 0.0271. The molecule has 3 heteroatoms. The summed E-state index contributed by atoms with van der Waals surface area (Å²) in [4.78, 5) is 14.5. The van der Waals surface area contributed by atoms with Crippen molar-refractivity contribution in [3.05, 3.63) is 42.0 Å². The van der Waals surface area contributed by atoms with Crippen LogP contribution in [0.25, 0.3) is 5.70 Å². The number of amides is 1. The maximum Gasteiger partial charge on any atom is 0.259 e. The molecule has 0 bridgehead atoms. The lowest BCUT2D eigenvalue weighted by atomic mass is 9.76. The predicted molar refractivity (Wildman–Crippen MR) is 79.1 cm³/mol. The Balaban J connectivity index is 1.99. The van der Waals surface area contributed by atoms with Gasteiger partial charge in [-0.05, 0) is 37.7 Å². The van der Waals surface area contributed by atoms with E-state index >= 15 is 0 Å². The van der Waals surface area contributed by atoms with Crippen LogP contribution in [0.4, 0.5) is 0 Å². The first-order valence-corrected chi connectivity index (χ1v) is 7.33. The number of carbonyl (C=O) groups excluding carboxylic acids is 1. The van der Waals surface area contributed by atoms with Crippen molar-refractivity contribution in [2.75, 3.05) is 6.61 Å². The first-order valence-electron chi connectivity index (χ1n) is 7.33. The molecule has 0 radical (unpaired) electrons. The molecule has 1 aliphatic heterocycles. The zero-order chi connectivity index (χ0) is 14.3. The minimum Gasteiger partial charge on any atom is -0.394 e. The molecule has 3 nitrogen and oxygen atoms in total. The fourth-order valence-corrected chi connectivity index (χ4v) is 3.54. The molecule has 1 amide bonds. The van der Waals surface area contributed by atoms with Crippen molar-refractivity contribution in [3.8, 4) is 0 Å². The Morgan fingerprint density at radius 1 is 1.30 bits per heavy atom. The Labute approximate surface area is 119 Å². The molecule has 0 unspecified atom stereocenters. The van der Waals surface area contributed by atoms with Crippen LogP contribution < -0.4 is 0 Å². The maximum absolute atomic E-state index is 12.7. The molecule has 0 spiro atoms. The molecule has 0 atom stereocenters. The number of hydrogen-bond acceptors (Lipinski definition) is 2. The third kappa shape index (κ3) is 1.80. The second-order valence-corrected chi connectivity index (χ2v) is 6.20. The highest BCUT2D eigenvalue weighted by Gasteiger charge is 2.46. The summed E-state index contributed by atoms with van der Waals surface area (Å²) >= 11 is 0. The van der Waals surface area contributed by atoms with Gasteiger partial charge in [-0.25, -0.2) is 0 Å². The molecule has 1 saturated carbocycles. The zero-order valence-electron chi connectivity index (χ0n) is 11.9. The quantitative estimate of drug-likeness (QED) is 0.898. The summed E-state index contributed by atoms with van der Waals surface area (Å²) in [5.41, 5.74) is 1.90. The number of carbonyl (C=O) groups is 1. The summed E-state index contributed by atoms with van der Waals surface area (Å²) in [6.07, 6.45) is 3.80. The molecule has 20 heavy (non-hydrogen) atoms. The summed E-state index contributed by atoms with van der Waals surface area (Å²) in [5.74, 6) is 0.664. The van der Waals surface area contributed by atoms with Crippen LogP contribution in [0, 0.1) is 5.92 Å². The van der Waals surface area contributed by atoms with E-state index in [1.165, 1.54) is 0 Å². The van der Waals surface area contributed by atoms with Crippen molar-refractivity contribution in [3.63, 3.8) is 0 Å². The van der Waals surface area contributed by atoms with E-state index in [1.807, 2.05) is 24.3 Å². The van der Waals surface area contributed by atoms with Crippen molar-refractivity contribution < 1.29 is 9.90 Å². The van der Waals surface area contributed by atoms with Gasteiger partial charge in [-0.2, -0.15) is 0 Å². The Morgan fingerprint density at radius 2 is 1.90 bits per heavy atom. The van der Waals surface area contributed by atoms with Gasteiger partial charge in [0.25, 0.3) is 5.91 Å². The van der Waals surface area contributed by atoms with E-state index in [4.69, 9.17) is 0 Å². The number of hydrogen-bond donors (Lipinski definition) is 1. The van der Waals surface area contributed by atoms with Crippen LogP contribution in [0.3, 0.4) is 0 Å². The van der Waals surface area contributed by atoms with Crippen molar-refractivity contribution >= 4 is 11.6 Å². The molecule has 2 aliphatic rings. The summed E-state index contributed by atoms with van der Waals surface area (Å²) in [6.45, 7) is 6.35. The van der Waals surface area contributed by atoms with E-state index in [0.29, 0.717) is 11.5 Å². The van der Waals surface area contributed by atoms with E-state index in [1.54, 1.807) is 4.90 Å². The highest BCUT2D eigenvalue weighted by molar-refractivity contribution is 6.09. The Kier molecular flexibility index (Phi) is 3.17. The first kappa shape index (κ1) is 13.4. The fourth-order valence-electron chi connectivity index (χ4n) is 3.54. The van der Waals surface area contributed by atoms with Gasteiger partial charge in [-0.15, -0.1) is 0 Å². The van der Waals surface area contributed by atoms with Gasteiger partial charge < -0.3 is 5.11 Å². The first-order chi connectivity index (χ1) is 9.59. The summed E-state index contributed by atoms with van der Waals surface area (Å²) < 4.78 is 0. The average molecular weight is 271 g/mol. The molecule has 106 valence electrons. The molecule has 1 N–H and O–H groups in total. The Morgan fingerprint density at radius 3 is 2.45 bits per heavy atom. The third-order valence-corrected chi connectivity index (χ3v) is 4.92. The zero-order valence-corrected chi connectivity index (χ0v) is 11.9. The van der Waals surface area contributed by atoms with E-state index in [2.05, 4.69) is 13.5 Å². The van der Waals surface area contributed by atoms with Crippen LogP contribution in [-0.4, -0.2) is 28.1 Å². The van der Waals surface area contributed by atoms with Gasteiger partial charge in [-0.1, -0.05) is 31.7 Å². The smallest absolute Gasteiger partial charge is 0.259 e. The normalized spacial score (nSPS) is 29.7. The molecule has 0 saturated heterocycles. The molecular weight excluding hydrogens is 250 g/mol. The van der Waals surface area contributed by atoms with Crippen LogP contribution >= 0.6 is 0 Å². The van der Waals surface area contributed by atoms with Crippen LogP contribution in [0.5, 0.6) is 0 Å². The second-order valence-electron chi connectivity index (χ2n) is 6.20. The number of benzene rings is 1. The molecule has 0 aromatic heterocycles. The molecule has 1 heterocycles. The van der Waals surface area contributed by atoms with Crippen LogP contribution in [0.2, 0.25) is 0 Å². The summed E-state index contributed by atoms with van der Waals surface area (Å²) in [5, 5.41) is 9.97. The van der Waals surface area contributed by atoms with Crippen LogP contribution in [0.1, 0.15) is 48.5 Å². The Bertz CT molecular complexity index is 521. The second kappa shape index (κ2) is 4.74. The molecule has 1 aromatic carbocycles. The van der Waals surface area contributed by atoms with E-state index in [-0.39, 0.29) is 12.5 Å². The van der Waals surface area contributed by atoms with Crippen molar-refractivity contribution in [2.24, 2.45) is 5.92 Å². The molecule has 3 rings (SSSR count). The van der Waals surface area contributed by atoms with Gasteiger partial charge in [0.15, 0.2) is 0 Å². The highest BCUT2D eigenvalue weighted by atomic mass is 16.3. The number of aliphatic hydroxyl groups excluding tert-OH is 1. The number of fused-ring (bicyclic) bond motifs is 1. The standard InChI is InChI=1S/C17H21NO2/c1-12-7-9-17(11-19,10-8-12)18-13(2)14-5-3-4-6-15(14)16(18)20/h3-6,12,19H,2,7-11H2,1H3. The molecule has 1 aliphatic carbocycles. The summed E-state index contributed by atoms with van der Waals surface area (Å²) in [6, 6.07) is 7.59. The molecule has 1 aromatic rings. The van der Waals surface area contributed by atoms with Gasteiger partial charge in [0.1, 0.15) is 0 Å². The fraction of sp³-hybridized carbons (Fsp3) is 0.471. The Hall–Kier alpha value is -1.61. The van der Waals surface area contributed by atoms with Gasteiger partial charge in [0.05, 0.1) is 12.1 Å². The van der Waals surface area contributed by atoms with E-state index in [9.17, 15) is 9.90 Å². The largest absolute Gasteiger partial charge is 0.394 e. The number of nitrogens with zero attached hydrogens (tertiary/aromatic N) is 1. The van der Waals surface area contributed by atoms with Crippen LogP contribution in [0.15, 0.2) is 30.8 Å². The van der Waals surface area contributed by atoms with Gasteiger partial charge >= 0.3 is 0 Å². The highest BCUT2D eigenvalue weighted by Crippen LogP contribution is 2.44.